The zero-order chi connectivity index (χ0) is 25.3. The summed E-state index contributed by atoms with van der Waals surface area (Å²) >= 11 is 0. The number of aryl methyl sites for hydroxylation is 1. The Hall–Kier alpha value is -4.53. The van der Waals surface area contributed by atoms with Crippen LogP contribution in [0.2, 0.25) is 0 Å². The van der Waals surface area contributed by atoms with E-state index >= 15 is 0 Å². The van der Waals surface area contributed by atoms with Gasteiger partial charge in [-0.3, -0.25) is 9.59 Å². The van der Waals surface area contributed by atoms with E-state index in [9.17, 15) is 9.59 Å². The average molecular weight is 484 g/mol. The molecule has 0 bridgehead atoms. The second kappa shape index (κ2) is 11.7. The number of benzene rings is 2. The molecule has 184 valence electrons. The van der Waals surface area contributed by atoms with Gasteiger partial charge in [-0.2, -0.15) is 0 Å². The molecule has 0 saturated heterocycles. The fourth-order valence-corrected chi connectivity index (χ4v) is 3.75. The van der Waals surface area contributed by atoms with E-state index in [4.69, 9.17) is 0 Å². The van der Waals surface area contributed by atoms with Crippen LogP contribution in [-0.2, 0) is 4.79 Å². The van der Waals surface area contributed by atoms with Gasteiger partial charge in [-0.25, -0.2) is 15.0 Å². The molecule has 2 aromatic heterocycles. The number of nitrogens with zero attached hydrogens (tertiary/aromatic N) is 3. The number of fused-ring (bicyclic) bond motifs is 1. The van der Waals surface area contributed by atoms with Gasteiger partial charge in [0.1, 0.15) is 11.5 Å². The van der Waals surface area contributed by atoms with Gasteiger partial charge in [-0.1, -0.05) is 36.4 Å². The summed E-state index contributed by atoms with van der Waals surface area (Å²) < 4.78 is 0. The highest BCUT2D eigenvalue weighted by atomic mass is 16.2. The molecular formula is C27H29N7O2. The Labute approximate surface area is 209 Å². The van der Waals surface area contributed by atoms with Gasteiger partial charge < -0.3 is 21.3 Å². The first-order valence-corrected chi connectivity index (χ1v) is 11.8. The highest BCUT2D eigenvalue weighted by Gasteiger charge is 2.11. The smallest absolute Gasteiger partial charge is 0.269 e. The molecule has 9 nitrogen and oxygen atoms in total. The molecule has 2 aromatic carbocycles. The number of carbonyl (C=O) groups is 2. The summed E-state index contributed by atoms with van der Waals surface area (Å²) in [5.74, 6) is 0.952. The number of hydrogen-bond donors (Lipinski definition) is 4. The standard InChI is InChI=1S/C27H29N7O2/c1-18-6-5-8-21(25(18)30-16-14-28-19(2)35)26-31-13-12-24(34-26)29-15-17-32-27(36)23-11-10-20-7-3-4-9-22(20)33-23/h3-13,30H,14-17H2,1-2H3,(H,28,35)(H,32,36)(H,29,31,34). The second-order valence-corrected chi connectivity index (χ2v) is 8.24. The van der Waals surface area contributed by atoms with E-state index in [1.54, 1.807) is 18.3 Å². The van der Waals surface area contributed by atoms with Crippen LogP contribution in [0.25, 0.3) is 22.3 Å². The van der Waals surface area contributed by atoms with Gasteiger partial charge in [-0.15, -0.1) is 0 Å². The molecule has 36 heavy (non-hydrogen) atoms. The summed E-state index contributed by atoms with van der Waals surface area (Å²) in [5, 5.41) is 13.3. The normalized spacial score (nSPS) is 10.6. The van der Waals surface area contributed by atoms with Gasteiger partial charge in [0.2, 0.25) is 5.91 Å². The van der Waals surface area contributed by atoms with Crippen molar-refractivity contribution in [1.29, 1.82) is 0 Å². The zero-order valence-corrected chi connectivity index (χ0v) is 20.3. The first kappa shape index (κ1) is 24.6. The summed E-state index contributed by atoms with van der Waals surface area (Å²) in [6, 6.07) is 19.0. The third-order valence-corrected chi connectivity index (χ3v) is 5.52. The van der Waals surface area contributed by atoms with E-state index in [0.29, 0.717) is 43.5 Å². The summed E-state index contributed by atoms with van der Waals surface area (Å²) in [5.41, 5.74) is 4.03. The maximum Gasteiger partial charge on any atom is 0.269 e. The van der Waals surface area contributed by atoms with Gasteiger partial charge >= 0.3 is 0 Å². The zero-order valence-electron chi connectivity index (χ0n) is 20.3. The summed E-state index contributed by atoms with van der Waals surface area (Å²) in [6.07, 6.45) is 1.70. The van der Waals surface area contributed by atoms with Crippen LogP contribution >= 0.6 is 0 Å². The number of nitrogens with one attached hydrogen (secondary N) is 4. The van der Waals surface area contributed by atoms with Gasteiger partial charge in [0.15, 0.2) is 5.82 Å². The van der Waals surface area contributed by atoms with Gasteiger partial charge in [-0.05, 0) is 36.8 Å². The quantitative estimate of drug-likeness (QED) is 0.255. The maximum absolute atomic E-state index is 12.5. The number of aromatic nitrogens is 3. The molecule has 0 aliphatic rings. The van der Waals surface area contributed by atoms with Crippen LogP contribution in [0.3, 0.4) is 0 Å². The van der Waals surface area contributed by atoms with Crippen molar-refractivity contribution in [2.24, 2.45) is 0 Å². The van der Waals surface area contributed by atoms with Crippen LogP contribution in [-0.4, -0.2) is 52.9 Å². The minimum Gasteiger partial charge on any atom is -0.382 e. The number of hydrogen-bond acceptors (Lipinski definition) is 7. The van der Waals surface area contributed by atoms with E-state index in [1.165, 1.54) is 6.92 Å². The largest absolute Gasteiger partial charge is 0.382 e. The van der Waals surface area contributed by atoms with E-state index in [-0.39, 0.29) is 11.8 Å². The first-order chi connectivity index (χ1) is 17.5. The van der Waals surface area contributed by atoms with Crippen molar-refractivity contribution in [1.82, 2.24) is 25.6 Å². The van der Waals surface area contributed by atoms with Crippen LogP contribution in [0.1, 0.15) is 23.0 Å². The molecule has 0 saturated carbocycles. The topological polar surface area (TPSA) is 121 Å². The van der Waals surface area contributed by atoms with Crippen molar-refractivity contribution in [3.8, 4) is 11.4 Å². The minimum atomic E-state index is -0.222. The molecule has 0 spiro atoms. The Balaban J connectivity index is 1.35. The lowest BCUT2D eigenvalue weighted by Gasteiger charge is -2.15. The Morgan fingerprint density at radius 1 is 0.806 bits per heavy atom. The molecule has 0 aliphatic heterocycles. The van der Waals surface area contributed by atoms with Crippen molar-refractivity contribution >= 4 is 34.2 Å². The Kier molecular flexibility index (Phi) is 8.02. The fraction of sp³-hybridized carbons (Fsp3) is 0.222. The molecule has 4 aromatic rings. The van der Waals surface area contributed by atoms with Gasteiger partial charge in [0.05, 0.1) is 5.52 Å². The number of anilines is 2. The number of rotatable bonds is 10. The molecule has 2 amide bonds. The molecule has 0 radical (unpaired) electrons. The van der Waals surface area contributed by atoms with Crippen molar-refractivity contribution in [2.75, 3.05) is 36.8 Å². The molecule has 9 heteroatoms. The lowest BCUT2D eigenvalue weighted by molar-refractivity contribution is -0.118. The van der Waals surface area contributed by atoms with E-state index in [1.807, 2.05) is 55.5 Å². The molecule has 0 unspecified atom stereocenters. The monoisotopic (exact) mass is 483 g/mol. The van der Waals surface area contributed by atoms with Crippen LogP contribution < -0.4 is 21.3 Å². The van der Waals surface area contributed by atoms with E-state index < -0.39 is 0 Å². The summed E-state index contributed by atoms with van der Waals surface area (Å²) in [7, 11) is 0. The Morgan fingerprint density at radius 2 is 1.61 bits per heavy atom. The van der Waals surface area contributed by atoms with Crippen LogP contribution in [0.15, 0.2) is 66.9 Å². The predicted molar refractivity (Wildman–Crippen MR) is 142 cm³/mol. The Bertz CT molecular complexity index is 1370. The molecule has 0 aliphatic carbocycles. The van der Waals surface area contributed by atoms with Crippen LogP contribution in [0, 0.1) is 6.92 Å². The SMILES string of the molecule is CC(=O)NCCNc1c(C)cccc1-c1nccc(NCCNC(=O)c2ccc3ccccc3n2)n1. The lowest BCUT2D eigenvalue weighted by Crippen LogP contribution is -2.29. The van der Waals surface area contributed by atoms with Crippen molar-refractivity contribution < 1.29 is 9.59 Å². The molecular weight excluding hydrogens is 454 g/mol. The first-order valence-electron chi connectivity index (χ1n) is 11.8. The molecule has 0 atom stereocenters. The summed E-state index contributed by atoms with van der Waals surface area (Å²) in [6.45, 7) is 5.52. The fourth-order valence-electron chi connectivity index (χ4n) is 3.75. The minimum absolute atomic E-state index is 0.0615. The molecule has 4 N–H and O–H groups in total. The highest BCUT2D eigenvalue weighted by molar-refractivity contribution is 5.94. The average Bonchev–Trinajstić information content (AvgIpc) is 2.89. The van der Waals surface area contributed by atoms with Gasteiger partial charge in [0, 0.05) is 55.9 Å². The Morgan fingerprint density at radius 3 is 2.47 bits per heavy atom. The predicted octanol–water partition coefficient (Wildman–Crippen LogP) is 3.39. The van der Waals surface area contributed by atoms with E-state index in [0.717, 1.165) is 27.7 Å². The number of carbonyl (C=O) groups excluding carboxylic acids is 2. The molecule has 4 rings (SSSR count). The molecule has 0 fully saturated rings. The highest BCUT2D eigenvalue weighted by Crippen LogP contribution is 2.28. The summed E-state index contributed by atoms with van der Waals surface area (Å²) in [4.78, 5) is 37.1. The van der Waals surface area contributed by atoms with Crippen molar-refractivity contribution in [2.45, 2.75) is 13.8 Å². The maximum atomic E-state index is 12.5. The number of amides is 2. The second-order valence-electron chi connectivity index (χ2n) is 8.24. The number of para-hydroxylation sites is 2. The van der Waals surface area contributed by atoms with Crippen molar-refractivity contribution in [3.05, 3.63) is 78.1 Å². The van der Waals surface area contributed by atoms with E-state index in [2.05, 4.69) is 36.2 Å². The number of pyridine rings is 1. The lowest BCUT2D eigenvalue weighted by atomic mass is 10.1. The third-order valence-electron chi connectivity index (χ3n) is 5.52. The van der Waals surface area contributed by atoms with Crippen LogP contribution in [0.5, 0.6) is 0 Å². The van der Waals surface area contributed by atoms with Crippen LogP contribution in [0.4, 0.5) is 11.5 Å². The van der Waals surface area contributed by atoms with Crippen molar-refractivity contribution in [3.63, 3.8) is 0 Å². The van der Waals surface area contributed by atoms with Gasteiger partial charge in [0.25, 0.3) is 5.91 Å². The molecule has 2 heterocycles. The third kappa shape index (κ3) is 6.32.